The van der Waals surface area contributed by atoms with Crippen molar-refractivity contribution >= 4 is 45.7 Å². The Hall–Kier alpha value is -4.68. The lowest BCUT2D eigenvalue weighted by Crippen LogP contribution is -2.20. The highest BCUT2D eigenvalue weighted by molar-refractivity contribution is 5.91. The van der Waals surface area contributed by atoms with Crippen LogP contribution in [0.2, 0.25) is 0 Å². The van der Waals surface area contributed by atoms with Gasteiger partial charge in [-0.05, 0) is 26.0 Å². The Morgan fingerprint density at radius 3 is 2.89 bits per heavy atom. The molecular formula is C22H25N11O2. The molecule has 5 aromatic rings. The van der Waals surface area contributed by atoms with Crippen molar-refractivity contribution in [3.05, 3.63) is 42.1 Å². The number of fused-ring (bicyclic) bond motifs is 2. The minimum absolute atomic E-state index is 0.00570. The third kappa shape index (κ3) is 4.43. The number of nitrogens with one attached hydrogen (secondary N) is 3. The number of rotatable bonds is 8. The van der Waals surface area contributed by atoms with Gasteiger partial charge >= 0.3 is 0 Å². The van der Waals surface area contributed by atoms with Gasteiger partial charge in [0.05, 0.1) is 36.7 Å². The second kappa shape index (κ2) is 8.93. The van der Waals surface area contributed by atoms with Crippen LogP contribution in [0.4, 0.5) is 17.6 Å². The normalized spacial score (nSPS) is 11.3. The summed E-state index contributed by atoms with van der Waals surface area (Å²) in [5, 5.41) is 10.4. The van der Waals surface area contributed by atoms with Crippen LogP contribution in [0.1, 0.15) is 18.4 Å². The van der Waals surface area contributed by atoms with E-state index in [1.54, 1.807) is 22.7 Å². The molecule has 0 unspecified atom stereocenters. The minimum Gasteiger partial charge on any atom is -0.497 e. The molecule has 13 nitrogen and oxygen atoms in total. The fraction of sp³-hybridized carbons (Fsp3) is 0.273. The highest BCUT2D eigenvalue weighted by Crippen LogP contribution is 2.22. The van der Waals surface area contributed by atoms with Crippen LogP contribution in [0, 0.1) is 6.92 Å². The summed E-state index contributed by atoms with van der Waals surface area (Å²) in [6, 6.07) is 7.46. The van der Waals surface area contributed by atoms with Gasteiger partial charge < -0.3 is 30.7 Å². The Morgan fingerprint density at radius 2 is 2.09 bits per heavy atom. The Kier molecular flexibility index (Phi) is 5.65. The number of aromatic amines is 1. The average Bonchev–Trinajstić information content (AvgIpc) is 3.53. The number of aromatic nitrogens is 8. The molecule has 5 rings (SSSR count). The SMILES string of the molecule is CCn1nc(C)cc1NC(=O)Cn1cnc2c(NCc3nc4cc(OC)ccc4[nH]3)nc(N)nc21. The third-order valence-corrected chi connectivity index (χ3v) is 5.43. The predicted molar refractivity (Wildman–Crippen MR) is 131 cm³/mol. The topological polar surface area (TPSA) is 166 Å². The minimum atomic E-state index is -0.233. The van der Waals surface area contributed by atoms with Gasteiger partial charge in [-0.3, -0.25) is 4.79 Å². The zero-order valence-corrected chi connectivity index (χ0v) is 19.5. The van der Waals surface area contributed by atoms with Crippen LogP contribution >= 0.6 is 0 Å². The van der Waals surface area contributed by atoms with E-state index in [-0.39, 0.29) is 18.4 Å². The molecule has 35 heavy (non-hydrogen) atoms. The van der Waals surface area contributed by atoms with Crippen molar-refractivity contribution in [3.8, 4) is 5.75 Å². The first-order chi connectivity index (χ1) is 16.9. The van der Waals surface area contributed by atoms with Crippen molar-refractivity contribution < 1.29 is 9.53 Å². The van der Waals surface area contributed by atoms with Crippen molar-refractivity contribution in [2.24, 2.45) is 0 Å². The molecule has 4 aromatic heterocycles. The molecule has 0 aliphatic carbocycles. The largest absolute Gasteiger partial charge is 0.497 e. The van der Waals surface area contributed by atoms with Crippen LogP contribution in [0.25, 0.3) is 22.2 Å². The van der Waals surface area contributed by atoms with Crippen molar-refractivity contribution in [2.75, 3.05) is 23.5 Å². The number of methoxy groups -OCH3 is 1. The maximum Gasteiger partial charge on any atom is 0.245 e. The maximum atomic E-state index is 12.7. The van der Waals surface area contributed by atoms with E-state index in [1.165, 1.54) is 0 Å². The first-order valence-corrected chi connectivity index (χ1v) is 11.0. The third-order valence-electron chi connectivity index (χ3n) is 5.43. The molecule has 0 saturated carbocycles. The highest BCUT2D eigenvalue weighted by atomic mass is 16.5. The number of carbonyl (C=O) groups excluding carboxylic acids is 1. The summed E-state index contributed by atoms with van der Waals surface area (Å²) in [7, 11) is 1.62. The van der Waals surface area contributed by atoms with Gasteiger partial charge in [0.2, 0.25) is 11.9 Å². The zero-order chi connectivity index (χ0) is 24.5. The molecule has 0 aliphatic rings. The van der Waals surface area contributed by atoms with E-state index in [0.717, 1.165) is 22.5 Å². The molecule has 180 valence electrons. The molecule has 1 aromatic carbocycles. The van der Waals surface area contributed by atoms with E-state index in [2.05, 4.69) is 40.7 Å². The van der Waals surface area contributed by atoms with Crippen molar-refractivity contribution in [2.45, 2.75) is 33.5 Å². The number of amides is 1. The van der Waals surface area contributed by atoms with Gasteiger partial charge in [-0.1, -0.05) is 0 Å². The van der Waals surface area contributed by atoms with E-state index >= 15 is 0 Å². The zero-order valence-electron chi connectivity index (χ0n) is 19.5. The first kappa shape index (κ1) is 22.1. The summed E-state index contributed by atoms with van der Waals surface area (Å²) in [6.07, 6.45) is 1.54. The van der Waals surface area contributed by atoms with Crippen LogP contribution in [0.5, 0.6) is 5.75 Å². The standard InChI is InChI=1S/C22H25N11O2/c1-4-33-17(7-12(2)31-33)28-18(34)10-32-11-25-19-20(29-22(23)30-21(19)32)24-9-16-26-14-6-5-13(35-3)8-15(14)27-16/h5-8,11H,4,9-10H2,1-3H3,(H,26,27)(H,28,34)(H3,23,24,29,30). The number of H-pyrrole nitrogens is 1. The molecule has 0 spiro atoms. The van der Waals surface area contributed by atoms with Gasteiger partial charge in [-0.2, -0.15) is 15.1 Å². The quantitative estimate of drug-likeness (QED) is 0.263. The van der Waals surface area contributed by atoms with E-state index in [1.807, 2.05) is 38.1 Å². The number of hydrogen-bond donors (Lipinski definition) is 4. The Morgan fingerprint density at radius 1 is 1.23 bits per heavy atom. The first-order valence-electron chi connectivity index (χ1n) is 11.0. The maximum absolute atomic E-state index is 12.7. The van der Waals surface area contributed by atoms with Crippen LogP contribution in [-0.2, 0) is 24.4 Å². The van der Waals surface area contributed by atoms with Gasteiger partial charge in [0.1, 0.15) is 23.9 Å². The fourth-order valence-corrected chi connectivity index (χ4v) is 3.84. The number of ether oxygens (including phenoxy) is 1. The van der Waals surface area contributed by atoms with Gasteiger partial charge in [0.15, 0.2) is 17.0 Å². The summed E-state index contributed by atoms with van der Waals surface area (Å²) >= 11 is 0. The molecule has 0 atom stereocenters. The highest BCUT2D eigenvalue weighted by Gasteiger charge is 2.16. The number of benzene rings is 1. The van der Waals surface area contributed by atoms with E-state index in [4.69, 9.17) is 10.5 Å². The lowest BCUT2D eigenvalue weighted by Gasteiger charge is -2.09. The summed E-state index contributed by atoms with van der Waals surface area (Å²) < 4.78 is 8.61. The van der Waals surface area contributed by atoms with Gasteiger partial charge in [0.25, 0.3) is 0 Å². The van der Waals surface area contributed by atoms with E-state index in [0.29, 0.717) is 41.7 Å². The van der Waals surface area contributed by atoms with Gasteiger partial charge in [0, 0.05) is 18.7 Å². The molecule has 4 heterocycles. The second-order valence-corrected chi connectivity index (χ2v) is 7.93. The Bertz CT molecular complexity index is 1530. The molecule has 13 heteroatoms. The molecular weight excluding hydrogens is 450 g/mol. The van der Waals surface area contributed by atoms with Crippen molar-refractivity contribution in [1.82, 2.24) is 39.3 Å². The summed E-state index contributed by atoms with van der Waals surface area (Å²) in [5.41, 5.74) is 9.42. The summed E-state index contributed by atoms with van der Waals surface area (Å²) in [6.45, 7) is 4.85. The van der Waals surface area contributed by atoms with Crippen molar-refractivity contribution in [3.63, 3.8) is 0 Å². The van der Waals surface area contributed by atoms with Crippen molar-refractivity contribution in [1.29, 1.82) is 0 Å². The molecule has 5 N–H and O–H groups in total. The van der Waals surface area contributed by atoms with Crippen LogP contribution in [-0.4, -0.2) is 52.3 Å². The average molecular weight is 476 g/mol. The molecule has 0 aliphatic heterocycles. The fourth-order valence-electron chi connectivity index (χ4n) is 3.84. The molecule has 0 radical (unpaired) electrons. The number of imidazole rings is 2. The second-order valence-electron chi connectivity index (χ2n) is 7.93. The van der Waals surface area contributed by atoms with Gasteiger partial charge in [-0.25, -0.2) is 14.6 Å². The monoisotopic (exact) mass is 475 g/mol. The molecule has 1 amide bonds. The van der Waals surface area contributed by atoms with E-state index in [9.17, 15) is 4.79 Å². The van der Waals surface area contributed by atoms with Crippen LogP contribution in [0.3, 0.4) is 0 Å². The summed E-state index contributed by atoms with van der Waals surface area (Å²) in [5.74, 6) is 2.36. The lowest BCUT2D eigenvalue weighted by atomic mass is 10.3. The number of hydrogen-bond acceptors (Lipinski definition) is 9. The smallest absolute Gasteiger partial charge is 0.245 e. The number of nitrogen functional groups attached to an aromatic ring is 1. The Labute approximate surface area is 199 Å². The number of nitrogens with zero attached hydrogens (tertiary/aromatic N) is 7. The molecule has 0 fully saturated rings. The predicted octanol–water partition coefficient (Wildman–Crippen LogP) is 2.07. The van der Waals surface area contributed by atoms with Crippen LogP contribution in [0.15, 0.2) is 30.6 Å². The Balaban J connectivity index is 1.34. The van der Waals surface area contributed by atoms with E-state index < -0.39 is 0 Å². The number of nitrogens with two attached hydrogens (primary N) is 1. The molecule has 0 bridgehead atoms. The number of carbonyl (C=O) groups is 1. The summed E-state index contributed by atoms with van der Waals surface area (Å²) in [4.78, 5) is 33.5. The van der Waals surface area contributed by atoms with Crippen LogP contribution < -0.4 is 21.1 Å². The molecule has 0 saturated heterocycles. The lowest BCUT2D eigenvalue weighted by molar-refractivity contribution is -0.116. The number of anilines is 3. The van der Waals surface area contributed by atoms with Gasteiger partial charge in [-0.15, -0.1) is 0 Å². The number of aryl methyl sites for hydroxylation is 2.